The third kappa shape index (κ3) is 19.1. The van der Waals surface area contributed by atoms with Gasteiger partial charge in [-0.2, -0.15) is 88.6 Å². The molecule has 2 aliphatic carbocycles. The van der Waals surface area contributed by atoms with E-state index in [4.69, 9.17) is 0 Å². The molecule has 0 spiro atoms. The number of aliphatic hydroxyl groups excluding tert-OH is 1. The highest BCUT2D eigenvalue weighted by Gasteiger charge is 2.40. The van der Waals surface area contributed by atoms with Crippen LogP contribution < -0.4 is 20.0 Å². The summed E-state index contributed by atoms with van der Waals surface area (Å²) in [5.41, 5.74) is -7.94. The van der Waals surface area contributed by atoms with Crippen LogP contribution >= 0.6 is 0 Å². The van der Waals surface area contributed by atoms with Crippen molar-refractivity contribution >= 4 is 23.5 Å². The van der Waals surface area contributed by atoms with Crippen LogP contribution in [0.3, 0.4) is 0 Å². The first kappa shape index (κ1) is 66.9. The monoisotopic (exact) mass is 1240 g/mol. The second kappa shape index (κ2) is 27.4. The number of aromatic nitrogens is 10. The molecule has 4 heterocycles. The molecule has 0 bridgehead atoms. The van der Waals surface area contributed by atoms with Crippen molar-refractivity contribution in [3.63, 3.8) is 0 Å². The van der Waals surface area contributed by atoms with E-state index >= 15 is 0 Å². The predicted molar refractivity (Wildman–Crippen MR) is 272 cm³/mol. The van der Waals surface area contributed by atoms with Gasteiger partial charge in [-0.1, -0.05) is 35.9 Å². The summed E-state index contributed by atoms with van der Waals surface area (Å²) in [4.78, 5) is 15.2. The third-order valence-electron chi connectivity index (χ3n) is 13.7. The predicted octanol–water partition coefficient (Wildman–Crippen LogP) is 13.4. The molecule has 6 aromatic rings. The minimum atomic E-state index is -5.08. The van der Waals surface area contributed by atoms with E-state index in [1.54, 1.807) is 0 Å². The summed E-state index contributed by atoms with van der Waals surface area (Å²) in [6.07, 6.45) is -18.8. The maximum atomic E-state index is 13.7. The quantitative estimate of drug-likeness (QED) is 0.0833. The summed E-state index contributed by atoms with van der Waals surface area (Å²) in [6, 6.07) is 4.35. The zero-order valence-corrected chi connectivity index (χ0v) is 45.8. The molecular formula is C52H58F18N14O. The first-order valence-electron chi connectivity index (χ1n) is 26.3. The molecule has 0 aliphatic heterocycles. The lowest BCUT2D eigenvalue weighted by atomic mass is 10.0. The summed E-state index contributed by atoms with van der Waals surface area (Å²) in [5.74, 6) is 1.37. The molecular weight excluding hydrogens is 1180 g/mol. The van der Waals surface area contributed by atoms with Crippen molar-refractivity contribution < 1.29 is 84.1 Å². The van der Waals surface area contributed by atoms with Gasteiger partial charge in [0, 0.05) is 69.3 Å². The lowest BCUT2D eigenvalue weighted by molar-refractivity contribution is -0.144. The number of nitrogens with zero attached hydrogens (tertiary/aromatic N) is 13. The fourth-order valence-corrected chi connectivity index (χ4v) is 9.65. The van der Waals surface area contributed by atoms with Gasteiger partial charge in [-0.3, -0.25) is 0 Å². The molecule has 2 fully saturated rings. The van der Waals surface area contributed by atoms with Gasteiger partial charge >= 0.3 is 37.1 Å². The van der Waals surface area contributed by atoms with Crippen molar-refractivity contribution in [2.45, 2.75) is 129 Å². The van der Waals surface area contributed by atoms with E-state index in [1.807, 2.05) is 23.6 Å². The van der Waals surface area contributed by atoms with Crippen molar-refractivity contribution in [3.05, 3.63) is 117 Å². The van der Waals surface area contributed by atoms with Crippen molar-refractivity contribution in [2.24, 2.45) is 25.9 Å². The van der Waals surface area contributed by atoms with Crippen molar-refractivity contribution in [2.75, 3.05) is 46.2 Å². The van der Waals surface area contributed by atoms with Crippen LogP contribution in [0, 0.1) is 11.8 Å². The Labute approximate surface area is 474 Å². The number of hydrogen-bond donors (Lipinski definition) is 2. The molecule has 0 amide bonds. The number of benzene rings is 2. The van der Waals surface area contributed by atoms with E-state index in [9.17, 15) is 84.1 Å². The van der Waals surface area contributed by atoms with E-state index in [-0.39, 0.29) is 53.1 Å². The van der Waals surface area contributed by atoms with E-state index in [2.05, 4.69) is 46.1 Å². The molecule has 85 heavy (non-hydrogen) atoms. The molecule has 2 saturated carbocycles. The highest BCUT2D eigenvalue weighted by Crippen LogP contribution is 2.40. The van der Waals surface area contributed by atoms with Crippen LogP contribution in [0.5, 0.6) is 0 Å². The van der Waals surface area contributed by atoms with E-state index < -0.39 is 95.7 Å². The van der Waals surface area contributed by atoms with Gasteiger partial charge in [0.1, 0.15) is 11.6 Å². The summed E-state index contributed by atoms with van der Waals surface area (Å²) in [6.45, 7) is 4.44. The Bertz CT molecular complexity index is 3040. The van der Waals surface area contributed by atoms with Crippen LogP contribution in [-0.2, 0) is 77.4 Å². The van der Waals surface area contributed by atoms with E-state index in [1.165, 1.54) is 31.8 Å². The zero-order valence-electron chi connectivity index (χ0n) is 45.8. The summed E-state index contributed by atoms with van der Waals surface area (Å²) in [7, 11) is 2.85. The van der Waals surface area contributed by atoms with E-state index in [0.717, 1.165) is 73.0 Å². The molecule has 8 rings (SSSR count). The number of tetrazole rings is 2. The fourth-order valence-electron chi connectivity index (χ4n) is 9.65. The Morgan fingerprint density at radius 3 is 1.24 bits per heavy atom. The Morgan fingerprint density at radius 2 is 0.871 bits per heavy atom. The number of halogens is 18. The van der Waals surface area contributed by atoms with Crippen LogP contribution in [-0.4, -0.2) is 81.7 Å². The van der Waals surface area contributed by atoms with Gasteiger partial charge < -0.3 is 25.1 Å². The minimum absolute atomic E-state index is 0.00535. The van der Waals surface area contributed by atoms with Gasteiger partial charge in [-0.05, 0) is 121 Å². The second-order valence-electron chi connectivity index (χ2n) is 20.2. The first-order valence-corrected chi connectivity index (χ1v) is 26.3. The van der Waals surface area contributed by atoms with Crippen LogP contribution in [0.4, 0.5) is 103 Å². The standard InChI is InChI=1S/C26H28F9N7.C15H21F3N2O.C11H9F6N5/c1-3-41(13-16-6-4-5-7-16)22-18(10-21(12-36-22)26(33,34)35)15-42(23-37-39-40(2)38-23)14-17-8-19(24(27,28)29)11-20(9-17)25(30,31)32;1-2-20(9-11-5-3-4-6-11)14-12(10-21)7-13(8-19-14)15(16,17)18;1-22-20-9(19-21-22)18-5-6-2-7(10(12,13)14)4-8(3-6)11(15,16)17/h8-12,16H,3-7,13-15H2,1-2H3;7-8,11,21H,2-6,9-10H2,1H3;2-4H,5H2,1H3,(H,18,20). The summed E-state index contributed by atoms with van der Waals surface area (Å²) >= 11 is 0. The second-order valence-corrected chi connectivity index (χ2v) is 20.2. The van der Waals surface area contributed by atoms with Crippen molar-refractivity contribution in [3.8, 4) is 0 Å². The molecule has 4 aromatic heterocycles. The molecule has 0 radical (unpaired) electrons. The smallest absolute Gasteiger partial charge is 0.392 e. The van der Waals surface area contributed by atoms with Gasteiger partial charge in [0.15, 0.2) is 0 Å². The maximum Gasteiger partial charge on any atom is 0.417 e. The highest BCUT2D eigenvalue weighted by atomic mass is 19.4. The number of aliphatic hydroxyl groups is 1. The lowest BCUT2D eigenvalue weighted by Crippen LogP contribution is -2.32. The number of hydrogen-bond acceptors (Lipinski definition) is 13. The molecule has 2 N–H and O–H groups in total. The first-order chi connectivity index (χ1) is 39.5. The summed E-state index contributed by atoms with van der Waals surface area (Å²) in [5, 5.41) is 34.1. The van der Waals surface area contributed by atoms with Crippen LogP contribution in [0.15, 0.2) is 60.9 Å². The summed E-state index contributed by atoms with van der Waals surface area (Å²) < 4.78 is 236. The molecule has 468 valence electrons. The van der Waals surface area contributed by atoms with Crippen LogP contribution in [0.1, 0.15) is 121 Å². The Balaban J connectivity index is 0.000000226. The molecule has 2 aromatic carbocycles. The number of nitrogens with one attached hydrogen (secondary N) is 1. The van der Waals surface area contributed by atoms with Crippen LogP contribution in [0.25, 0.3) is 0 Å². The molecule has 15 nitrogen and oxygen atoms in total. The number of rotatable bonds is 17. The van der Waals surface area contributed by atoms with Gasteiger partial charge in [0.2, 0.25) is 0 Å². The zero-order chi connectivity index (χ0) is 62.9. The number of anilines is 4. The Hall–Kier alpha value is -7.22. The number of aryl methyl sites for hydroxylation is 2. The number of pyridine rings is 2. The molecule has 0 atom stereocenters. The van der Waals surface area contributed by atoms with Gasteiger partial charge in [0.25, 0.3) is 11.9 Å². The largest absolute Gasteiger partial charge is 0.417 e. The minimum Gasteiger partial charge on any atom is -0.392 e. The molecule has 2 aliphatic rings. The third-order valence-corrected chi connectivity index (χ3v) is 13.7. The molecule has 33 heteroatoms. The SMILES string of the molecule is CCN(CC1CCCC1)c1ncc(C(F)(F)F)cc1CN(Cc1cc(C(F)(F)F)cc(C(F)(F)F)c1)c1nnn(C)n1.CCN(CC1CCCC1)c1ncc(C(F)(F)F)cc1CO.Cn1nnc(NCc2cc(C(F)(F)F)cc(C(F)(F)F)c2)n1. The molecule has 0 saturated heterocycles. The van der Waals surface area contributed by atoms with Gasteiger partial charge in [-0.25, -0.2) is 9.97 Å². The number of alkyl halides is 18. The Morgan fingerprint density at radius 1 is 0.482 bits per heavy atom. The van der Waals surface area contributed by atoms with E-state index in [0.29, 0.717) is 67.8 Å². The van der Waals surface area contributed by atoms with Gasteiger partial charge in [0.05, 0.1) is 54.1 Å². The Kier molecular flexibility index (Phi) is 21.6. The average Bonchev–Trinajstić information content (AvgIpc) is 4.50. The average molecular weight is 1240 g/mol. The topological polar surface area (TPSA) is 155 Å². The van der Waals surface area contributed by atoms with Gasteiger partial charge in [-0.15, -0.1) is 10.2 Å². The van der Waals surface area contributed by atoms with Crippen LogP contribution in [0.2, 0.25) is 0 Å². The molecule has 0 unspecified atom stereocenters. The maximum absolute atomic E-state index is 13.7. The van der Waals surface area contributed by atoms with Crippen molar-refractivity contribution in [1.82, 2.24) is 50.4 Å². The lowest BCUT2D eigenvalue weighted by Gasteiger charge is -2.30. The van der Waals surface area contributed by atoms with Crippen molar-refractivity contribution in [1.29, 1.82) is 0 Å². The highest BCUT2D eigenvalue weighted by molar-refractivity contribution is 5.52. The normalized spacial score (nSPS) is 14.7. The fraction of sp³-hybridized carbons (Fsp3) is 0.538.